The zero-order valence-electron chi connectivity index (χ0n) is 11.1. The molecule has 0 spiro atoms. The summed E-state index contributed by atoms with van der Waals surface area (Å²) in [6.07, 6.45) is 0.115. The Labute approximate surface area is 130 Å². The van der Waals surface area contributed by atoms with Gasteiger partial charge in [-0.05, 0) is 42.5 Å². The van der Waals surface area contributed by atoms with Crippen molar-refractivity contribution in [2.45, 2.75) is 6.42 Å². The number of nitrogens with two attached hydrogens (primary N) is 1. The average molecular weight is 353 g/mol. The Morgan fingerprint density at radius 1 is 1.24 bits per heavy atom. The van der Waals surface area contributed by atoms with E-state index in [2.05, 4.69) is 21.2 Å². The second-order valence-corrected chi connectivity index (χ2v) is 5.26. The number of carbonyl (C=O) groups excluding carboxylic acids is 1. The van der Waals surface area contributed by atoms with E-state index in [1.807, 2.05) is 12.1 Å². The molecule has 1 amide bonds. The van der Waals surface area contributed by atoms with Crippen LogP contribution in [-0.4, -0.2) is 12.5 Å². The first kappa shape index (κ1) is 15.3. The van der Waals surface area contributed by atoms with Crippen molar-refractivity contribution in [3.8, 4) is 5.75 Å². The van der Waals surface area contributed by atoms with Crippen molar-refractivity contribution in [1.82, 2.24) is 0 Å². The van der Waals surface area contributed by atoms with Crippen LogP contribution in [0.4, 0.5) is 15.8 Å². The quantitative estimate of drug-likeness (QED) is 0.808. The molecule has 4 nitrogen and oxygen atoms in total. The monoisotopic (exact) mass is 352 g/mol. The Morgan fingerprint density at radius 3 is 2.67 bits per heavy atom. The van der Waals surface area contributed by atoms with E-state index in [0.29, 0.717) is 11.4 Å². The molecule has 0 saturated heterocycles. The second kappa shape index (κ2) is 7.08. The van der Waals surface area contributed by atoms with E-state index in [4.69, 9.17) is 10.5 Å². The SMILES string of the molecule is Nc1ccc(F)c(NC(=O)CCOc2ccc(Br)cc2)c1. The Kier molecular flexibility index (Phi) is 5.16. The Morgan fingerprint density at radius 2 is 1.95 bits per heavy atom. The first-order valence-corrected chi connectivity index (χ1v) is 7.07. The highest BCUT2D eigenvalue weighted by Crippen LogP contribution is 2.18. The lowest BCUT2D eigenvalue weighted by molar-refractivity contribution is -0.116. The summed E-state index contributed by atoms with van der Waals surface area (Å²) in [6, 6.07) is 11.3. The molecule has 110 valence electrons. The lowest BCUT2D eigenvalue weighted by atomic mass is 10.2. The molecule has 6 heteroatoms. The fraction of sp³-hybridized carbons (Fsp3) is 0.133. The minimum absolute atomic E-state index is 0.0728. The molecule has 0 aliphatic carbocycles. The van der Waals surface area contributed by atoms with Crippen LogP contribution in [0.2, 0.25) is 0 Å². The lowest BCUT2D eigenvalue weighted by Crippen LogP contribution is -2.16. The van der Waals surface area contributed by atoms with Gasteiger partial charge in [-0.25, -0.2) is 4.39 Å². The van der Waals surface area contributed by atoms with Crippen LogP contribution in [0.1, 0.15) is 6.42 Å². The lowest BCUT2D eigenvalue weighted by Gasteiger charge is -2.08. The number of halogens is 2. The van der Waals surface area contributed by atoms with Gasteiger partial charge < -0.3 is 15.8 Å². The van der Waals surface area contributed by atoms with Gasteiger partial charge in [-0.3, -0.25) is 4.79 Å². The fourth-order valence-electron chi connectivity index (χ4n) is 1.64. The Hall–Kier alpha value is -2.08. The summed E-state index contributed by atoms with van der Waals surface area (Å²) >= 11 is 3.32. The van der Waals surface area contributed by atoms with Gasteiger partial charge in [-0.2, -0.15) is 0 Å². The maximum Gasteiger partial charge on any atom is 0.227 e. The van der Waals surface area contributed by atoms with Gasteiger partial charge in [0.15, 0.2) is 0 Å². The molecule has 2 aromatic carbocycles. The van der Waals surface area contributed by atoms with Crippen LogP contribution < -0.4 is 15.8 Å². The van der Waals surface area contributed by atoms with Gasteiger partial charge in [0.1, 0.15) is 11.6 Å². The number of ether oxygens (including phenoxy) is 1. The molecule has 2 rings (SSSR count). The highest BCUT2D eigenvalue weighted by molar-refractivity contribution is 9.10. The molecule has 0 aliphatic rings. The first-order valence-electron chi connectivity index (χ1n) is 6.28. The van der Waals surface area contributed by atoms with E-state index >= 15 is 0 Å². The van der Waals surface area contributed by atoms with E-state index < -0.39 is 5.82 Å². The van der Waals surface area contributed by atoms with E-state index in [0.717, 1.165) is 4.47 Å². The largest absolute Gasteiger partial charge is 0.493 e. The van der Waals surface area contributed by atoms with E-state index in [1.54, 1.807) is 12.1 Å². The van der Waals surface area contributed by atoms with Crippen molar-refractivity contribution in [3.05, 3.63) is 52.8 Å². The third-order valence-electron chi connectivity index (χ3n) is 2.68. The molecule has 0 bridgehead atoms. The number of benzene rings is 2. The molecule has 2 aromatic rings. The number of anilines is 2. The third-order valence-corrected chi connectivity index (χ3v) is 3.20. The van der Waals surface area contributed by atoms with Crippen LogP contribution >= 0.6 is 15.9 Å². The topological polar surface area (TPSA) is 64.3 Å². The van der Waals surface area contributed by atoms with Crippen molar-refractivity contribution < 1.29 is 13.9 Å². The van der Waals surface area contributed by atoms with Gasteiger partial charge in [0.2, 0.25) is 5.91 Å². The Bertz CT molecular complexity index is 632. The fourth-order valence-corrected chi connectivity index (χ4v) is 1.91. The molecule has 0 aromatic heterocycles. The third kappa shape index (κ3) is 4.75. The number of nitrogen functional groups attached to an aromatic ring is 1. The molecule has 0 radical (unpaired) electrons. The number of amides is 1. The molecular weight excluding hydrogens is 339 g/mol. The molecular formula is C15H14BrFN2O2. The zero-order chi connectivity index (χ0) is 15.2. The highest BCUT2D eigenvalue weighted by Gasteiger charge is 2.07. The summed E-state index contributed by atoms with van der Waals surface area (Å²) in [5, 5.41) is 2.46. The Balaban J connectivity index is 1.82. The van der Waals surface area contributed by atoms with Crippen molar-refractivity contribution in [1.29, 1.82) is 0 Å². The molecule has 0 heterocycles. The van der Waals surface area contributed by atoms with Gasteiger partial charge in [-0.1, -0.05) is 15.9 Å². The maximum absolute atomic E-state index is 13.4. The van der Waals surface area contributed by atoms with Crippen molar-refractivity contribution in [2.24, 2.45) is 0 Å². The van der Waals surface area contributed by atoms with E-state index in [-0.39, 0.29) is 24.6 Å². The second-order valence-electron chi connectivity index (χ2n) is 4.34. The molecule has 21 heavy (non-hydrogen) atoms. The highest BCUT2D eigenvalue weighted by atomic mass is 79.9. The van der Waals surface area contributed by atoms with Crippen molar-refractivity contribution in [2.75, 3.05) is 17.7 Å². The van der Waals surface area contributed by atoms with Crippen LogP contribution in [0.5, 0.6) is 5.75 Å². The summed E-state index contributed by atoms with van der Waals surface area (Å²) in [7, 11) is 0. The predicted molar refractivity (Wildman–Crippen MR) is 83.7 cm³/mol. The van der Waals surface area contributed by atoms with Gasteiger partial charge in [-0.15, -0.1) is 0 Å². The molecule has 3 N–H and O–H groups in total. The predicted octanol–water partition coefficient (Wildman–Crippen LogP) is 3.58. The van der Waals surface area contributed by atoms with Crippen molar-refractivity contribution in [3.63, 3.8) is 0 Å². The minimum Gasteiger partial charge on any atom is -0.493 e. The summed E-state index contributed by atoms with van der Waals surface area (Å²) < 4.78 is 19.8. The van der Waals surface area contributed by atoms with Crippen LogP contribution in [0.3, 0.4) is 0 Å². The summed E-state index contributed by atoms with van der Waals surface area (Å²) in [5.41, 5.74) is 6.00. The van der Waals surface area contributed by atoms with Crippen LogP contribution in [0, 0.1) is 5.82 Å². The summed E-state index contributed by atoms with van der Waals surface area (Å²) in [6.45, 7) is 0.206. The first-order chi connectivity index (χ1) is 10.0. The number of carbonyl (C=O) groups is 1. The van der Waals surface area contributed by atoms with E-state index in [1.165, 1.54) is 18.2 Å². The number of rotatable bonds is 5. The molecule has 0 aliphatic heterocycles. The maximum atomic E-state index is 13.4. The molecule has 0 atom stereocenters. The number of hydrogen-bond donors (Lipinski definition) is 2. The van der Waals surface area contributed by atoms with Crippen LogP contribution in [0.15, 0.2) is 46.9 Å². The van der Waals surface area contributed by atoms with Crippen LogP contribution in [0.25, 0.3) is 0 Å². The van der Waals surface area contributed by atoms with Crippen molar-refractivity contribution >= 4 is 33.2 Å². The number of hydrogen-bond acceptors (Lipinski definition) is 3. The van der Waals surface area contributed by atoms with Gasteiger partial charge in [0.05, 0.1) is 18.7 Å². The number of nitrogens with one attached hydrogen (secondary N) is 1. The molecule has 0 saturated carbocycles. The average Bonchev–Trinajstić information content (AvgIpc) is 2.45. The molecule has 0 fully saturated rings. The normalized spacial score (nSPS) is 10.2. The summed E-state index contributed by atoms with van der Waals surface area (Å²) in [4.78, 5) is 11.7. The standard InChI is InChI=1S/C15H14BrFN2O2/c16-10-1-4-12(5-2-10)21-8-7-15(20)19-14-9-11(18)3-6-13(14)17/h1-6,9H,7-8,18H2,(H,19,20). The summed E-state index contributed by atoms with van der Waals surface area (Å²) in [5.74, 6) is -0.191. The zero-order valence-corrected chi connectivity index (χ0v) is 12.7. The smallest absolute Gasteiger partial charge is 0.227 e. The van der Waals surface area contributed by atoms with Gasteiger partial charge in [0, 0.05) is 10.2 Å². The van der Waals surface area contributed by atoms with Gasteiger partial charge >= 0.3 is 0 Å². The minimum atomic E-state index is -0.522. The molecule has 0 unspecified atom stereocenters. The van der Waals surface area contributed by atoms with Gasteiger partial charge in [0.25, 0.3) is 0 Å². The van der Waals surface area contributed by atoms with E-state index in [9.17, 15) is 9.18 Å². The van der Waals surface area contributed by atoms with Crippen LogP contribution in [-0.2, 0) is 4.79 Å².